The molecule has 146 valence electrons. The number of amides is 1. The molecule has 0 radical (unpaired) electrons. The van der Waals surface area contributed by atoms with Gasteiger partial charge in [-0.25, -0.2) is 4.39 Å². The molecule has 0 saturated carbocycles. The summed E-state index contributed by atoms with van der Waals surface area (Å²) in [5, 5.41) is 4.42. The fourth-order valence-corrected chi connectivity index (χ4v) is 2.82. The van der Waals surface area contributed by atoms with Gasteiger partial charge in [0.05, 0.1) is 11.6 Å². The van der Waals surface area contributed by atoms with Gasteiger partial charge in [-0.1, -0.05) is 47.9 Å². The predicted octanol–water partition coefficient (Wildman–Crippen LogP) is 4.35. The summed E-state index contributed by atoms with van der Waals surface area (Å²) in [5.74, 6) is -0.196. The van der Waals surface area contributed by atoms with E-state index in [4.69, 9.17) is 20.9 Å². The molecule has 0 spiro atoms. The summed E-state index contributed by atoms with van der Waals surface area (Å²) in [6, 6.07) is 13.1. The Balaban J connectivity index is 1.68. The lowest BCUT2D eigenvalue weighted by Crippen LogP contribution is -2.39. The van der Waals surface area contributed by atoms with Gasteiger partial charge in [0.2, 0.25) is 11.7 Å². The van der Waals surface area contributed by atoms with Crippen LogP contribution in [0.3, 0.4) is 0 Å². The molecular formula is C20H19ClFN3O3. The van der Waals surface area contributed by atoms with Gasteiger partial charge < -0.3 is 14.2 Å². The Morgan fingerprint density at radius 2 is 1.96 bits per heavy atom. The summed E-state index contributed by atoms with van der Waals surface area (Å²) in [5.41, 5.74) is 0.641. The number of carbonyl (C=O) groups is 1. The SMILES string of the molecule is CCC(Oc1ccccc1F)C(=O)N(C)Cc1nc(-c2ccccc2Cl)no1. The molecule has 2 aromatic carbocycles. The highest BCUT2D eigenvalue weighted by Crippen LogP contribution is 2.25. The van der Waals surface area contributed by atoms with E-state index in [0.29, 0.717) is 22.8 Å². The summed E-state index contributed by atoms with van der Waals surface area (Å²) in [4.78, 5) is 18.4. The summed E-state index contributed by atoms with van der Waals surface area (Å²) in [7, 11) is 1.59. The van der Waals surface area contributed by atoms with Gasteiger partial charge in [0.15, 0.2) is 17.7 Å². The van der Waals surface area contributed by atoms with Gasteiger partial charge in [-0.05, 0) is 30.7 Å². The van der Waals surface area contributed by atoms with Crippen LogP contribution in [-0.4, -0.2) is 34.1 Å². The maximum absolute atomic E-state index is 13.8. The third-order valence-corrected chi connectivity index (χ3v) is 4.41. The molecule has 0 aliphatic rings. The van der Waals surface area contributed by atoms with Gasteiger partial charge in [-0.15, -0.1) is 0 Å². The minimum atomic E-state index is -0.826. The lowest BCUT2D eigenvalue weighted by Gasteiger charge is -2.22. The zero-order valence-corrected chi connectivity index (χ0v) is 16.2. The summed E-state index contributed by atoms with van der Waals surface area (Å²) >= 11 is 6.14. The second-order valence-corrected chi connectivity index (χ2v) is 6.54. The van der Waals surface area contributed by atoms with Crippen molar-refractivity contribution in [2.45, 2.75) is 26.0 Å². The lowest BCUT2D eigenvalue weighted by molar-refractivity contribution is -0.138. The van der Waals surface area contributed by atoms with E-state index >= 15 is 0 Å². The Bertz CT molecular complexity index is 963. The first-order valence-corrected chi connectivity index (χ1v) is 9.11. The van der Waals surface area contributed by atoms with E-state index in [1.54, 1.807) is 44.3 Å². The number of hydrogen-bond donors (Lipinski definition) is 0. The predicted molar refractivity (Wildman–Crippen MR) is 102 cm³/mol. The number of ether oxygens (including phenoxy) is 1. The molecule has 0 fully saturated rings. The minimum Gasteiger partial charge on any atom is -0.478 e. The maximum Gasteiger partial charge on any atom is 0.263 e. The van der Waals surface area contributed by atoms with Gasteiger partial charge in [0.1, 0.15) is 0 Å². The molecule has 1 atom stereocenters. The zero-order chi connectivity index (χ0) is 20.1. The van der Waals surface area contributed by atoms with Crippen molar-refractivity contribution in [3.05, 3.63) is 65.3 Å². The van der Waals surface area contributed by atoms with E-state index in [2.05, 4.69) is 10.1 Å². The number of rotatable bonds is 7. The number of aromatic nitrogens is 2. The van der Waals surface area contributed by atoms with E-state index in [1.165, 1.54) is 17.0 Å². The quantitative estimate of drug-likeness (QED) is 0.586. The Kier molecular flexibility index (Phi) is 6.26. The number of nitrogens with zero attached hydrogens (tertiary/aromatic N) is 3. The summed E-state index contributed by atoms with van der Waals surface area (Å²) in [6.07, 6.45) is -0.445. The van der Waals surface area contributed by atoms with Crippen molar-refractivity contribution in [1.29, 1.82) is 0 Å². The van der Waals surface area contributed by atoms with Gasteiger partial charge >= 0.3 is 0 Å². The van der Waals surface area contributed by atoms with Crippen molar-refractivity contribution >= 4 is 17.5 Å². The van der Waals surface area contributed by atoms with Crippen molar-refractivity contribution in [3.63, 3.8) is 0 Å². The fourth-order valence-electron chi connectivity index (χ4n) is 2.60. The van der Waals surface area contributed by atoms with E-state index in [9.17, 15) is 9.18 Å². The molecular weight excluding hydrogens is 385 g/mol. The van der Waals surface area contributed by atoms with E-state index < -0.39 is 11.9 Å². The van der Waals surface area contributed by atoms with Crippen molar-refractivity contribution in [1.82, 2.24) is 15.0 Å². The first kappa shape index (κ1) is 19.8. The molecule has 3 rings (SSSR count). The second kappa shape index (κ2) is 8.84. The molecule has 1 amide bonds. The van der Waals surface area contributed by atoms with Crippen LogP contribution in [0, 0.1) is 5.82 Å². The Morgan fingerprint density at radius 3 is 2.68 bits per heavy atom. The van der Waals surface area contributed by atoms with Gasteiger partial charge in [-0.3, -0.25) is 4.79 Å². The molecule has 6 nitrogen and oxygen atoms in total. The second-order valence-electron chi connectivity index (χ2n) is 6.13. The van der Waals surface area contributed by atoms with Crippen LogP contribution in [-0.2, 0) is 11.3 Å². The smallest absolute Gasteiger partial charge is 0.263 e. The Labute approximate surface area is 166 Å². The molecule has 0 bridgehead atoms. The van der Waals surface area contributed by atoms with E-state index in [1.807, 2.05) is 6.07 Å². The first-order chi connectivity index (χ1) is 13.5. The largest absolute Gasteiger partial charge is 0.478 e. The molecule has 0 aliphatic carbocycles. The molecule has 0 aliphatic heterocycles. The number of benzene rings is 2. The fraction of sp³-hybridized carbons (Fsp3) is 0.250. The topological polar surface area (TPSA) is 68.5 Å². The first-order valence-electron chi connectivity index (χ1n) is 8.73. The number of hydrogen-bond acceptors (Lipinski definition) is 5. The molecule has 1 heterocycles. The monoisotopic (exact) mass is 403 g/mol. The van der Waals surface area contributed by atoms with Crippen LogP contribution < -0.4 is 4.74 Å². The molecule has 1 aromatic heterocycles. The van der Waals surface area contributed by atoms with Crippen LogP contribution in [0.25, 0.3) is 11.4 Å². The molecule has 28 heavy (non-hydrogen) atoms. The maximum atomic E-state index is 13.8. The third-order valence-electron chi connectivity index (χ3n) is 4.08. The highest BCUT2D eigenvalue weighted by atomic mass is 35.5. The highest BCUT2D eigenvalue weighted by Gasteiger charge is 2.25. The van der Waals surface area contributed by atoms with Crippen molar-refractivity contribution < 1.29 is 18.4 Å². The third kappa shape index (κ3) is 4.48. The van der Waals surface area contributed by atoms with Crippen LogP contribution in [0.2, 0.25) is 5.02 Å². The van der Waals surface area contributed by atoms with Crippen molar-refractivity contribution in [3.8, 4) is 17.1 Å². The van der Waals surface area contributed by atoms with Crippen LogP contribution in [0.5, 0.6) is 5.75 Å². The van der Waals surface area contributed by atoms with Gasteiger partial charge in [-0.2, -0.15) is 4.98 Å². The molecule has 0 saturated heterocycles. The van der Waals surface area contributed by atoms with E-state index in [-0.39, 0.29) is 24.1 Å². The molecule has 8 heteroatoms. The van der Waals surface area contributed by atoms with Crippen molar-refractivity contribution in [2.75, 3.05) is 7.05 Å². The number of carbonyl (C=O) groups excluding carboxylic acids is 1. The zero-order valence-electron chi connectivity index (χ0n) is 15.4. The molecule has 1 unspecified atom stereocenters. The molecule has 3 aromatic rings. The van der Waals surface area contributed by atoms with Crippen LogP contribution >= 0.6 is 11.6 Å². The number of para-hydroxylation sites is 1. The van der Waals surface area contributed by atoms with Crippen LogP contribution in [0.15, 0.2) is 53.1 Å². The Morgan fingerprint density at radius 1 is 1.25 bits per heavy atom. The number of halogens is 2. The number of likely N-dealkylation sites (N-methyl/N-ethyl adjacent to an activating group) is 1. The standard InChI is InChI=1S/C20H19ClFN3O3/c1-3-16(27-17-11-7-6-10-15(17)22)20(26)25(2)12-18-23-19(24-28-18)13-8-4-5-9-14(13)21/h4-11,16H,3,12H2,1-2H3. The molecule has 0 N–H and O–H groups in total. The minimum absolute atomic E-state index is 0.0369. The Hall–Kier alpha value is -2.93. The normalized spacial score (nSPS) is 11.9. The summed E-state index contributed by atoms with van der Waals surface area (Å²) in [6.45, 7) is 1.88. The highest BCUT2D eigenvalue weighted by molar-refractivity contribution is 6.33. The van der Waals surface area contributed by atoms with Crippen molar-refractivity contribution in [2.24, 2.45) is 0 Å². The average Bonchev–Trinajstić information content (AvgIpc) is 3.15. The van der Waals surface area contributed by atoms with Crippen LogP contribution in [0.1, 0.15) is 19.2 Å². The lowest BCUT2D eigenvalue weighted by atomic mass is 10.2. The van der Waals surface area contributed by atoms with Gasteiger partial charge in [0, 0.05) is 12.6 Å². The summed E-state index contributed by atoms with van der Waals surface area (Å²) < 4.78 is 24.6. The van der Waals surface area contributed by atoms with Crippen LogP contribution in [0.4, 0.5) is 4.39 Å². The van der Waals surface area contributed by atoms with Gasteiger partial charge in [0.25, 0.3) is 5.91 Å². The average molecular weight is 404 g/mol. The van der Waals surface area contributed by atoms with E-state index in [0.717, 1.165) is 0 Å².